The number of carbonyl (C=O) groups is 1. The van der Waals surface area contributed by atoms with E-state index < -0.39 is 5.97 Å². The largest absolute Gasteiger partial charge is 0.482 e. The Morgan fingerprint density at radius 3 is 2.81 bits per heavy atom. The van der Waals surface area contributed by atoms with E-state index in [1.54, 1.807) is 30.3 Å². The number of hydrogen-bond acceptors (Lipinski definition) is 4. The lowest BCUT2D eigenvalue weighted by molar-refractivity contribution is -0.147. The first-order valence-corrected chi connectivity index (χ1v) is 6.92. The van der Waals surface area contributed by atoms with Crippen LogP contribution in [0.15, 0.2) is 46.9 Å². The smallest absolute Gasteiger partial charge is 0.344 e. The van der Waals surface area contributed by atoms with E-state index in [2.05, 4.69) is 15.9 Å². The SMILES string of the molecule is Nc1cccc(OCC(=O)OCc2cc(F)ccc2Br)c1. The van der Waals surface area contributed by atoms with Gasteiger partial charge in [0.05, 0.1) is 0 Å². The molecule has 0 spiro atoms. The number of nitrogens with two attached hydrogens (primary N) is 1. The lowest BCUT2D eigenvalue weighted by Crippen LogP contribution is -2.15. The number of hydrogen-bond donors (Lipinski definition) is 1. The number of ether oxygens (including phenoxy) is 2. The first-order valence-electron chi connectivity index (χ1n) is 6.12. The summed E-state index contributed by atoms with van der Waals surface area (Å²) in [5.41, 5.74) is 6.69. The van der Waals surface area contributed by atoms with Crippen molar-refractivity contribution < 1.29 is 18.7 Å². The van der Waals surface area contributed by atoms with Crippen molar-refractivity contribution in [1.29, 1.82) is 0 Å². The van der Waals surface area contributed by atoms with E-state index >= 15 is 0 Å². The van der Waals surface area contributed by atoms with Gasteiger partial charge in [-0.2, -0.15) is 0 Å². The van der Waals surface area contributed by atoms with Crippen molar-refractivity contribution in [2.45, 2.75) is 6.61 Å². The minimum Gasteiger partial charge on any atom is -0.482 e. The second-order valence-electron chi connectivity index (χ2n) is 4.26. The van der Waals surface area contributed by atoms with Crippen LogP contribution in [0, 0.1) is 5.82 Å². The van der Waals surface area contributed by atoms with Gasteiger partial charge in [-0.15, -0.1) is 0 Å². The molecule has 0 radical (unpaired) electrons. The van der Waals surface area contributed by atoms with Gasteiger partial charge in [-0.05, 0) is 30.3 Å². The molecule has 21 heavy (non-hydrogen) atoms. The van der Waals surface area contributed by atoms with E-state index in [0.717, 1.165) is 0 Å². The van der Waals surface area contributed by atoms with Gasteiger partial charge in [0, 0.05) is 21.8 Å². The molecule has 0 saturated heterocycles. The van der Waals surface area contributed by atoms with Gasteiger partial charge in [0.2, 0.25) is 0 Å². The summed E-state index contributed by atoms with van der Waals surface area (Å²) in [5, 5.41) is 0. The third-order valence-corrected chi connectivity index (χ3v) is 3.38. The lowest BCUT2D eigenvalue weighted by Gasteiger charge is -2.08. The minimum absolute atomic E-state index is 0.0303. The maximum absolute atomic E-state index is 13.1. The molecule has 4 nitrogen and oxygen atoms in total. The Morgan fingerprint density at radius 1 is 1.24 bits per heavy atom. The molecular formula is C15H13BrFNO3. The van der Waals surface area contributed by atoms with Crippen LogP contribution in [0.1, 0.15) is 5.56 Å². The summed E-state index contributed by atoms with van der Waals surface area (Å²) in [4.78, 5) is 11.6. The van der Waals surface area contributed by atoms with Gasteiger partial charge >= 0.3 is 5.97 Å². The number of anilines is 1. The average Bonchev–Trinajstić information content (AvgIpc) is 2.46. The zero-order valence-electron chi connectivity index (χ0n) is 11.0. The number of nitrogen functional groups attached to an aromatic ring is 1. The fourth-order valence-electron chi connectivity index (χ4n) is 1.60. The van der Waals surface area contributed by atoms with Gasteiger partial charge in [0.1, 0.15) is 18.2 Å². The first-order chi connectivity index (χ1) is 10.0. The fourth-order valence-corrected chi connectivity index (χ4v) is 1.96. The molecule has 2 aromatic rings. The van der Waals surface area contributed by atoms with E-state index in [1.807, 2.05) is 0 Å². The Hall–Kier alpha value is -2.08. The molecule has 0 fully saturated rings. The highest BCUT2D eigenvalue weighted by Gasteiger charge is 2.08. The van der Waals surface area contributed by atoms with Crippen molar-refractivity contribution in [3.63, 3.8) is 0 Å². The Balaban J connectivity index is 1.83. The van der Waals surface area contributed by atoms with Gasteiger partial charge < -0.3 is 15.2 Å². The number of halogens is 2. The van der Waals surface area contributed by atoms with E-state index in [4.69, 9.17) is 15.2 Å². The molecule has 110 valence electrons. The van der Waals surface area contributed by atoms with Crippen molar-refractivity contribution in [3.05, 3.63) is 58.3 Å². The molecule has 0 aliphatic rings. The summed E-state index contributed by atoms with van der Waals surface area (Å²) in [6.07, 6.45) is 0. The number of carbonyl (C=O) groups excluding carboxylic acids is 1. The number of esters is 1. The summed E-state index contributed by atoms with van der Waals surface area (Å²) >= 11 is 3.26. The molecule has 2 N–H and O–H groups in total. The van der Waals surface area contributed by atoms with Crippen molar-refractivity contribution >= 4 is 27.6 Å². The fraction of sp³-hybridized carbons (Fsp3) is 0.133. The van der Waals surface area contributed by atoms with Crippen LogP contribution in [-0.2, 0) is 16.1 Å². The minimum atomic E-state index is -0.548. The summed E-state index contributed by atoms with van der Waals surface area (Å²) in [5.74, 6) is -0.451. The molecule has 2 rings (SSSR count). The van der Waals surface area contributed by atoms with Gasteiger partial charge in [-0.3, -0.25) is 0 Å². The van der Waals surface area contributed by atoms with Crippen molar-refractivity contribution in [1.82, 2.24) is 0 Å². The first kappa shape index (κ1) is 15.3. The Bertz CT molecular complexity index is 649. The van der Waals surface area contributed by atoms with Crippen LogP contribution < -0.4 is 10.5 Å². The second kappa shape index (κ2) is 7.08. The van der Waals surface area contributed by atoms with Gasteiger partial charge in [0.15, 0.2) is 6.61 Å². The summed E-state index contributed by atoms with van der Waals surface area (Å²) in [6, 6.07) is 10.9. The van der Waals surface area contributed by atoms with Crippen LogP contribution in [0.2, 0.25) is 0 Å². The Labute approximate surface area is 129 Å². The van der Waals surface area contributed by atoms with Crippen molar-refractivity contribution in [3.8, 4) is 5.75 Å². The summed E-state index contributed by atoms with van der Waals surface area (Å²) in [6.45, 7) is -0.270. The number of rotatable bonds is 5. The molecular weight excluding hydrogens is 341 g/mol. The molecule has 0 bridgehead atoms. The monoisotopic (exact) mass is 353 g/mol. The van der Waals surface area contributed by atoms with Crippen molar-refractivity contribution in [2.24, 2.45) is 0 Å². The maximum Gasteiger partial charge on any atom is 0.344 e. The molecule has 2 aromatic carbocycles. The molecule has 0 aromatic heterocycles. The van der Waals surface area contributed by atoms with Crippen LogP contribution in [0.4, 0.5) is 10.1 Å². The third kappa shape index (κ3) is 4.75. The molecule has 0 atom stereocenters. The molecule has 0 unspecified atom stereocenters. The Morgan fingerprint density at radius 2 is 2.05 bits per heavy atom. The van der Waals surface area contributed by atoms with Crippen LogP contribution >= 0.6 is 15.9 Å². The average molecular weight is 354 g/mol. The highest BCUT2D eigenvalue weighted by atomic mass is 79.9. The molecule has 0 aliphatic carbocycles. The standard InChI is InChI=1S/C15H13BrFNO3/c16-14-5-4-11(17)6-10(14)8-21-15(19)9-20-13-3-1-2-12(18)7-13/h1-7H,8-9,18H2. The summed E-state index contributed by atoms with van der Waals surface area (Å²) in [7, 11) is 0. The van der Waals surface area contributed by atoms with Gasteiger partial charge in [-0.1, -0.05) is 22.0 Å². The van der Waals surface area contributed by atoms with E-state index in [9.17, 15) is 9.18 Å². The van der Waals surface area contributed by atoms with Gasteiger partial charge in [-0.25, -0.2) is 9.18 Å². The van der Waals surface area contributed by atoms with Crippen LogP contribution in [0.3, 0.4) is 0 Å². The van der Waals surface area contributed by atoms with Crippen LogP contribution in [0.5, 0.6) is 5.75 Å². The zero-order chi connectivity index (χ0) is 15.2. The van der Waals surface area contributed by atoms with Crippen molar-refractivity contribution in [2.75, 3.05) is 12.3 Å². The third-order valence-electron chi connectivity index (χ3n) is 2.61. The molecule has 0 aliphatic heterocycles. The topological polar surface area (TPSA) is 61.5 Å². The summed E-state index contributed by atoms with van der Waals surface area (Å²) < 4.78 is 24.0. The lowest BCUT2D eigenvalue weighted by atomic mass is 10.2. The Kier molecular flexibility index (Phi) is 5.16. The maximum atomic E-state index is 13.1. The number of benzene rings is 2. The molecule has 0 heterocycles. The normalized spacial score (nSPS) is 10.2. The van der Waals surface area contributed by atoms with Crippen LogP contribution in [0.25, 0.3) is 0 Å². The van der Waals surface area contributed by atoms with E-state index in [-0.39, 0.29) is 19.0 Å². The predicted octanol–water partition coefficient (Wildman–Crippen LogP) is 3.29. The molecule has 0 amide bonds. The zero-order valence-corrected chi connectivity index (χ0v) is 12.6. The predicted molar refractivity (Wildman–Crippen MR) is 80.2 cm³/mol. The van der Waals surface area contributed by atoms with E-state index in [0.29, 0.717) is 21.5 Å². The quantitative estimate of drug-likeness (QED) is 0.661. The van der Waals surface area contributed by atoms with Crippen LogP contribution in [-0.4, -0.2) is 12.6 Å². The van der Waals surface area contributed by atoms with E-state index in [1.165, 1.54) is 12.1 Å². The molecule has 0 saturated carbocycles. The molecule has 6 heteroatoms. The van der Waals surface area contributed by atoms with Gasteiger partial charge in [0.25, 0.3) is 0 Å². The highest BCUT2D eigenvalue weighted by Crippen LogP contribution is 2.19. The highest BCUT2D eigenvalue weighted by molar-refractivity contribution is 9.10. The second-order valence-corrected chi connectivity index (χ2v) is 5.11.